The zero-order valence-electron chi connectivity index (χ0n) is 12.1. The van der Waals surface area contributed by atoms with Gasteiger partial charge >= 0.3 is 0 Å². The molecular weight excluding hydrogens is 256 g/mol. The topological polar surface area (TPSA) is 72.2 Å². The van der Waals surface area contributed by atoms with E-state index in [4.69, 9.17) is 9.84 Å². The van der Waals surface area contributed by atoms with Gasteiger partial charge < -0.3 is 15.2 Å². The van der Waals surface area contributed by atoms with E-state index < -0.39 is 0 Å². The quantitative estimate of drug-likeness (QED) is 0.664. The molecule has 0 spiro atoms. The summed E-state index contributed by atoms with van der Waals surface area (Å²) in [5, 5.41) is 20.2. The Kier molecular flexibility index (Phi) is 6.97. The van der Waals surface area contributed by atoms with Gasteiger partial charge in [0, 0.05) is 32.4 Å². The van der Waals surface area contributed by atoms with Crippen molar-refractivity contribution in [1.29, 1.82) is 0 Å². The van der Waals surface area contributed by atoms with Gasteiger partial charge in [-0.05, 0) is 19.3 Å². The zero-order chi connectivity index (χ0) is 14.0. The minimum absolute atomic E-state index is 0.186. The summed E-state index contributed by atoms with van der Waals surface area (Å²) in [5.41, 5.74) is 0.931. The summed E-state index contributed by atoms with van der Waals surface area (Å²) < 4.78 is 7.62. The predicted octanol–water partition coefficient (Wildman–Crippen LogP) is 1.10. The van der Waals surface area contributed by atoms with Gasteiger partial charge in [-0.1, -0.05) is 24.5 Å². The van der Waals surface area contributed by atoms with E-state index in [-0.39, 0.29) is 6.61 Å². The first-order valence-corrected chi connectivity index (χ1v) is 7.70. The highest BCUT2D eigenvalue weighted by Gasteiger charge is 2.12. The number of hydrogen-bond acceptors (Lipinski definition) is 5. The van der Waals surface area contributed by atoms with Gasteiger partial charge in [0.25, 0.3) is 0 Å². The van der Waals surface area contributed by atoms with Gasteiger partial charge in [-0.25, -0.2) is 0 Å². The minimum atomic E-state index is 0.186. The third-order valence-corrected chi connectivity index (χ3v) is 3.62. The fourth-order valence-electron chi connectivity index (χ4n) is 2.51. The molecule has 0 saturated heterocycles. The molecule has 0 bridgehead atoms. The van der Waals surface area contributed by atoms with E-state index in [1.807, 2.05) is 6.20 Å². The molecule has 1 fully saturated rings. The van der Waals surface area contributed by atoms with Crippen LogP contribution in [0.1, 0.15) is 44.2 Å². The second-order valence-corrected chi connectivity index (χ2v) is 5.36. The van der Waals surface area contributed by atoms with E-state index in [2.05, 4.69) is 15.6 Å². The largest absolute Gasteiger partial charge is 0.396 e. The Labute approximate surface area is 120 Å². The van der Waals surface area contributed by atoms with Crippen molar-refractivity contribution in [2.45, 2.75) is 57.7 Å². The molecule has 0 radical (unpaired) electrons. The average molecular weight is 282 g/mol. The molecule has 0 aliphatic heterocycles. The van der Waals surface area contributed by atoms with Crippen LogP contribution in [0.2, 0.25) is 0 Å². The number of aliphatic hydroxyl groups is 1. The fourth-order valence-corrected chi connectivity index (χ4v) is 2.51. The highest BCUT2D eigenvalue weighted by Crippen LogP contribution is 2.19. The van der Waals surface area contributed by atoms with E-state index in [1.54, 1.807) is 4.68 Å². The van der Waals surface area contributed by atoms with Gasteiger partial charge in [-0.3, -0.25) is 4.68 Å². The predicted molar refractivity (Wildman–Crippen MR) is 76.3 cm³/mol. The third-order valence-electron chi connectivity index (χ3n) is 3.62. The highest BCUT2D eigenvalue weighted by molar-refractivity contribution is 4.91. The Morgan fingerprint density at radius 1 is 1.35 bits per heavy atom. The van der Waals surface area contributed by atoms with Crippen molar-refractivity contribution in [3.8, 4) is 0 Å². The summed E-state index contributed by atoms with van der Waals surface area (Å²) in [5.74, 6) is 0. The lowest BCUT2D eigenvalue weighted by molar-refractivity contribution is 0.0302. The van der Waals surface area contributed by atoms with E-state index in [1.165, 1.54) is 32.1 Å². The number of hydrogen-bond donors (Lipinski definition) is 2. The van der Waals surface area contributed by atoms with Gasteiger partial charge in [0.1, 0.15) is 0 Å². The molecule has 1 aliphatic rings. The third kappa shape index (κ3) is 5.56. The van der Waals surface area contributed by atoms with Crippen molar-refractivity contribution < 1.29 is 9.84 Å². The molecule has 0 amide bonds. The van der Waals surface area contributed by atoms with Crippen LogP contribution in [0, 0.1) is 0 Å². The number of rotatable bonds is 9. The van der Waals surface area contributed by atoms with Crippen molar-refractivity contribution in [2.24, 2.45) is 0 Å². The standard InChI is InChI=1S/C14H26N4O2/c19-9-4-8-18-12-13(16-17-18)11-15-7-10-20-14-5-2-1-3-6-14/h12,14-15,19H,1-11H2. The van der Waals surface area contributed by atoms with Crippen molar-refractivity contribution in [1.82, 2.24) is 20.3 Å². The number of aromatic nitrogens is 3. The van der Waals surface area contributed by atoms with Gasteiger partial charge in [-0.15, -0.1) is 5.10 Å². The van der Waals surface area contributed by atoms with Crippen LogP contribution in [0.5, 0.6) is 0 Å². The number of aryl methyl sites for hydroxylation is 1. The molecule has 1 saturated carbocycles. The Bertz CT molecular complexity index is 364. The van der Waals surface area contributed by atoms with Crippen LogP contribution in [0.3, 0.4) is 0 Å². The summed E-state index contributed by atoms with van der Waals surface area (Å²) in [6.07, 6.45) is 9.55. The monoisotopic (exact) mass is 282 g/mol. The Morgan fingerprint density at radius 2 is 2.20 bits per heavy atom. The van der Waals surface area contributed by atoms with Crippen molar-refractivity contribution in [3.05, 3.63) is 11.9 Å². The first kappa shape index (κ1) is 15.4. The van der Waals surface area contributed by atoms with Crippen LogP contribution in [0.4, 0.5) is 0 Å². The smallest absolute Gasteiger partial charge is 0.0964 e. The highest BCUT2D eigenvalue weighted by atomic mass is 16.5. The maximum atomic E-state index is 8.75. The van der Waals surface area contributed by atoms with Gasteiger partial charge in [0.15, 0.2) is 0 Å². The van der Waals surface area contributed by atoms with Crippen LogP contribution in [-0.4, -0.2) is 46.0 Å². The summed E-state index contributed by atoms with van der Waals surface area (Å²) in [6.45, 7) is 3.23. The molecule has 0 atom stereocenters. The lowest BCUT2D eigenvalue weighted by Gasteiger charge is -2.21. The maximum Gasteiger partial charge on any atom is 0.0964 e. The number of aliphatic hydroxyl groups excluding tert-OH is 1. The van der Waals surface area contributed by atoms with Crippen molar-refractivity contribution in [2.75, 3.05) is 19.8 Å². The molecule has 1 heterocycles. The number of nitrogens with one attached hydrogen (secondary N) is 1. The Hall–Kier alpha value is -0.980. The Morgan fingerprint density at radius 3 is 3.00 bits per heavy atom. The molecule has 6 nitrogen and oxygen atoms in total. The molecule has 0 aromatic carbocycles. The minimum Gasteiger partial charge on any atom is -0.396 e. The van der Waals surface area contributed by atoms with Crippen molar-refractivity contribution >= 4 is 0 Å². The van der Waals surface area contributed by atoms with Crippen LogP contribution in [0.15, 0.2) is 6.20 Å². The normalized spacial score (nSPS) is 16.6. The first-order valence-electron chi connectivity index (χ1n) is 7.70. The lowest BCUT2D eigenvalue weighted by atomic mass is 9.98. The van der Waals surface area contributed by atoms with Crippen LogP contribution >= 0.6 is 0 Å². The van der Waals surface area contributed by atoms with Gasteiger partial charge in [0.05, 0.1) is 18.4 Å². The summed E-state index contributed by atoms with van der Waals surface area (Å²) in [7, 11) is 0. The SMILES string of the molecule is OCCCn1cc(CNCCOC2CCCCC2)nn1. The lowest BCUT2D eigenvalue weighted by Crippen LogP contribution is -2.24. The van der Waals surface area contributed by atoms with Crippen LogP contribution < -0.4 is 5.32 Å². The first-order chi connectivity index (χ1) is 9.88. The van der Waals surface area contributed by atoms with E-state index in [0.717, 1.165) is 18.8 Å². The summed E-state index contributed by atoms with van der Waals surface area (Å²) in [6, 6.07) is 0. The second-order valence-electron chi connectivity index (χ2n) is 5.36. The molecule has 2 N–H and O–H groups in total. The second kappa shape index (κ2) is 9.05. The van der Waals surface area contributed by atoms with Crippen LogP contribution in [0.25, 0.3) is 0 Å². The molecule has 0 unspecified atom stereocenters. The van der Waals surface area contributed by atoms with Crippen LogP contribution in [-0.2, 0) is 17.8 Å². The van der Waals surface area contributed by atoms with Crippen molar-refractivity contribution in [3.63, 3.8) is 0 Å². The van der Waals surface area contributed by atoms with Gasteiger partial charge in [-0.2, -0.15) is 0 Å². The van der Waals surface area contributed by atoms with E-state index in [0.29, 0.717) is 25.6 Å². The number of ether oxygens (including phenoxy) is 1. The molecule has 1 aliphatic carbocycles. The number of nitrogens with zero attached hydrogens (tertiary/aromatic N) is 3. The Balaban J connectivity index is 1.52. The van der Waals surface area contributed by atoms with E-state index in [9.17, 15) is 0 Å². The zero-order valence-corrected chi connectivity index (χ0v) is 12.1. The average Bonchev–Trinajstić information content (AvgIpc) is 2.94. The molecule has 1 aromatic heterocycles. The molecule has 2 rings (SSSR count). The maximum absolute atomic E-state index is 8.75. The molecule has 6 heteroatoms. The molecule has 114 valence electrons. The molecular formula is C14H26N4O2. The summed E-state index contributed by atoms with van der Waals surface area (Å²) >= 11 is 0. The molecule has 1 aromatic rings. The van der Waals surface area contributed by atoms with E-state index >= 15 is 0 Å². The summed E-state index contributed by atoms with van der Waals surface area (Å²) in [4.78, 5) is 0. The van der Waals surface area contributed by atoms with Gasteiger partial charge in [0.2, 0.25) is 0 Å². The fraction of sp³-hybridized carbons (Fsp3) is 0.857. The molecule has 20 heavy (non-hydrogen) atoms.